The van der Waals surface area contributed by atoms with E-state index in [1.807, 2.05) is 12.1 Å². The van der Waals surface area contributed by atoms with Crippen molar-refractivity contribution < 1.29 is 0 Å². The molecule has 0 spiro atoms. The van der Waals surface area contributed by atoms with Crippen LogP contribution in [-0.2, 0) is 0 Å². The minimum absolute atomic E-state index is 0.0227. The van der Waals surface area contributed by atoms with Gasteiger partial charge in [0, 0.05) is 0 Å². The van der Waals surface area contributed by atoms with E-state index >= 15 is 0 Å². The number of nitrogens with zero attached hydrogens (tertiary/aromatic N) is 6. The molecular weight excluding hydrogens is 391 g/mol. The fraction of sp³-hybridized carbons (Fsp3) is 0. The highest BCUT2D eigenvalue weighted by molar-refractivity contribution is 6.33. The number of aromatic nitrogens is 6. The van der Waals surface area contributed by atoms with E-state index in [4.69, 9.17) is 52.0 Å². The molecule has 3 rings (SSSR count). The number of hydrogen-bond donors (Lipinski definition) is 4. The van der Waals surface area contributed by atoms with Crippen LogP contribution in [0.3, 0.4) is 0 Å². The van der Waals surface area contributed by atoms with E-state index < -0.39 is 0 Å². The Labute approximate surface area is 156 Å². The van der Waals surface area contributed by atoms with Crippen molar-refractivity contribution in [2.75, 3.05) is 22.5 Å². The van der Waals surface area contributed by atoms with E-state index in [-0.39, 0.29) is 34.4 Å². The van der Waals surface area contributed by atoms with Crippen LogP contribution in [0.1, 0.15) is 0 Å². The largest absolute Gasteiger partial charge is 0.368 e. The second-order valence-electron chi connectivity index (χ2n) is 4.21. The van der Waals surface area contributed by atoms with E-state index in [0.29, 0.717) is 10.7 Å². The van der Waals surface area contributed by atoms with Gasteiger partial charge in [-0.25, -0.2) is 0 Å². The van der Waals surface area contributed by atoms with Gasteiger partial charge in [0.05, 0.1) is 10.7 Å². The molecule has 3 aromatic rings. The number of rotatable bonds is 2. The van der Waals surface area contributed by atoms with E-state index in [1.54, 1.807) is 12.1 Å². The van der Waals surface area contributed by atoms with Gasteiger partial charge in [0.25, 0.3) is 0 Å². The first-order valence-electron chi connectivity index (χ1n) is 6.44. The Morgan fingerprint density at radius 2 is 1.16 bits per heavy atom. The van der Waals surface area contributed by atoms with Crippen molar-refractivity contribution in [1.82, 2.24) is 29.9 Å². The highest BCUT2D eigenvalue weighted by atomic mass is 35.5. The zero-order valence-corrected chi connectivity index (χ0v) is 14.6. The molecule has 0 fully saturated rings. The van der Waals surface area contributed by atoms with Gasteiger partial charge in [0.2, 0.25) is 34.4 Å². The summed E-state index contributed by atoms with van der Waals surface area (Å²) in [4.78, 5) is 21.8. The summed E-state index contributed by atoms with van der Waals surface area (Å²) >= 11 is 17.2. The van der Waals surface area contributed by atoms with Gasteiger partial charge in [0.1, 0.15) is 0 Å². The van der Waals surface area contributed by atoms with Crippen LogP contribution >= 0.6 is 34.8 Å². The Balaban J connectivity index is 0.000000212. The van der Waals surface area contributed by atoms with Crippen LogP contribution in [0, 0.1) is 0 Å². The summed E-state index contributed by atoms with van der Waals surface area (Å²) in [6.07, 6.45) is 0. The van der Waals surface area contributed by atoms with E-state index in [9.17, 15) is 0 Å². The Morgan fingerprint density at radius 1 is 0.680 bits per heavy atom. The average Bonchev–Trinajstić information content (AvgIpc) is 2.48. The monoisotopic (exact) mass is 400 g/mol. The molecule has 0 aliphatic heterocycles. The molecule has 13 heteroatoms. The van der Waals surface area contributed by atoms with Crippen LogP contribution < -0.4 is 22.5 Å². The molecule has 0 aliphatic rings. The summed E-state index contributed by atoms with van der Waals surface area (Å²) in [6, 6.07) is 7.18. The summed E-state index contributed by atoms with van der Waals surface area (Å²) in [7, 11) is 0. The van der Waals surface area contributed by atoms with Gasteiger partial charge < -0.3 is 22.5 Å². The molecule has 0 atom stereocenters. The molecule has 7 N–H and O–H groups in total. The molecule has 1 aromatic carbocycles. The van der Waals surface area contributed by atoms with Gasteiger partial charge in [-0.2, -0.15) is 29.9 Å². The van der Waals surface area contributed by atoms with Crippen molar-refractivity contribution >= 4 is 64.3 Å². The lowest BCUT2D eigenvalue weighted by atomic mass is 10.3. The first kappa shape index (κ1) is 18.6. The molecule has 0 amide bonds. The maximum atomic E-state index is 5.95. The maximum absolute atomic E-state index is 5.95. The smallest absolute Gasteiger partial charge is 0.232 e. The number of hydrogen-bond acceptors (Lipinski definition) is 10. The normalized spacial score (nSPS) is 9.88. The summed E-state index contributed by atoms with van der Waals surface area (Å²) in [5.41, 5.74) is 16.1. The molecule has 2 aromatic heterocycles. The molecule has 10 nitrogen and oxygen atoms in total. The lowest BCUT2D eigenvalue weighted by Crippen LogP contribution is -2.05. The Kier molecular flexibility index (Phi) is 6.28. The number of anilines is 5. The molecule has 25 heavy (non-hydrogen) atoms. The summed E-state index contributed by atoms with van der Waals surface area (Å²) in [6.45, 7) is 0. The Bertz CT molecular complexity index is 805. The predicted octanol–water partition coefficient (Wildman–Crippen LogP) is 2.19. The predicted molar refractivity (Wildman–Crippen MR) is 97.6 cm³/mol. The van der Waals surface area contributed by atoms with E-state index in [1.165, 1.54) is 0 Å². The molecule has 0 saturated carbocycles. The van der Waals surface area contributed by atoms with Gasteiger partial charge in [-0.1, -0.05) is 23.7 Å². The number of nitrogen functional groups attached to an aromatic ring is 3. The topological polar surface area (TPSA) is 167 Å². The Hall–Kier alpha value is -2.69. The molecule has 130 valence electrons. The van der Waals surface area contributed by atoms with Crippen LogP contribution in [0.2, 0.25) is 15.6 Å². The first-order chi connectivity index (χ1) is 11.8. The van der Waals surface area contributed by atoms with Crippen LogP contribution in [-0.4, -0.2) is 29.9 Å². The molecular formula is C12H11Cl3N10. The third-order valence-electron chi connectivity index (χ3n) is 2.39. The summed E-state index contributed by atoms with van der Waals surface area (Å²) in [5, 5.41) is 3.49. The van der Waals surface area contributed by atoms with Gasteiger partial charge in [-0.05, 0) is 35.3 Å². The number of nitrogens with two attached hydrogens (primary N) is 3. The fourth-order valence-corrected chi connectivity index (χ4v) is 2.04. The maximum Gasteiger partial charge on any atom is 0.232 e. The molecule has 2 heterocycles. The second kappa shape index (κ2) is 8.42. The number of nitrogens with one attached hydrogen (secondary N) is 1. The van der Waals surface area contributed by atoms with Crippen molar-refractivity contribution in [3.05, 3.63) is 39.9 Å². The zero-order chi connectivity index (χ0) is 18.4. The highest BCUT2D eigenvalue weighted by Gasteiger charge is 2.05. The van der Waals surface area contributed by atoms with Crippen molar-refractivity contribution in [3.63, 3.8) is 0 Å². The number of benzene rings is 1. The quantitative estimate of drug-likeness (QED) is 0.499. The fourth-order valence-electron chi connectivity index (χ4n) is 1.49. The van der Waals surface area contributed by atoms with Gasteiger partial charge in [-0.15, -0.1) is 0 Å². The minimum atomic E-state index is 0.0227. The van der Waals surface area contributed by atoms with Gasteiger partial charge in [0.15, 0.2) is 0 Å². The zero-order valence-electron chi connectivity index (χ0n) is 12.4. The lowest BCUT2D eigenvalue weighted by Gasteiger charge is -2.06. The molecule has 0 saturated heterocycles. The third kappa shape index (κ3) is 6.03. The van der Waals surface area contributed by atoms with Gasteiger partial charge >= 0.3 is 0 Å². The number of halogens is 3. The molecule has 0 radical (unpaired) electrons. The summed E-state index contributed by atoms with van der Waals surface area (Å²) in [5.74, 6) is 0.373. The lowest BCUT2D eigenvalue weighted by molar-refractivity contribution is 1.05. The van der Waals surface area contributed by atoms with Crippen molar-refractivity contribution in [2.24, 2.45) is 0 Å². The first-order valence-corrected chi connectivity index (χ1v) is 7.58. The minimum Gasteiger partial charge on any atom is -0.368 e. The third-order valence-corrected chi connectivity index (χ3v) is 3.06. The average molecular weight is 402 g/mol. The SMILES string of the molecule is Clc1nc(Cl)nc(Nc2ccccc2Cl)n1.Nc1nc(N)nc(N)n1. The molecule has 0 aliphatic carbocycles. The number of para-hydroxylation sites is 1. The van der Waals surface area contributed by atoms with Crippen molar-refractivity contribution in [2.45, 2.75) is 0 Å². The highest BCUT2D eigenvalue weighted by Crippen LogP contribution is 2.23. The van der Waals surface area contributed by atoms with Gasteiger partial charge in [-0.3, -0.25) is 0 Å². The Morgan fingerprint density at radius 3 is 1.64 bits per heavy atom. The van der Waals surface area contributed by atoms with Crippen molar-refractivity contribution in [1.29, 1.82) is 0 Å². The van der Waals surface area contributed by atoms with Crippen LogP contribution in [0.5, 0.6) is 0 Å². The van der Waals surface area contributed by atoms with E-state index in [0.717, 1.165) is 0 Å². The standard InChI is InChI=1S/C9H5Cl3N4.C3H6N6/c10-5-3-1-2-4-6(5)13-9-15-7(11)14-8(12)16-9;4-1-7-2(5)9-3(6)8-1/h1-4H,(H,13,14,15,16);(H6,4,5,6,7,8,9). The van der Waals surface area contributed by atoms with E-state index in [2.05, 4.69) is 35.2 Å². The van der Waals surface area contributed by atoms with Crippen LogP contribution in [0.25, 0.3) is 0 Å². The molecule has 0 unspecified atom stereocenters. The van der Waals surface area contributed by atoms with Crippen LogP contribution in [0.4, 0.5) is 29.5 Å². The second-order valence-corrected chi connectivity index (χ2v) is 5.30. The molecule has 0 bridgehead atoms. The summed E-state index contributed by atoms with van der Waals surface area (Å²) < 4.78 is 0. The van der Waals surface area contributed by atoms with Crippen LogP contribution in [0.15, 0.2) is 24.3 Å². The van der Waals surface area contributed by atoms with Crippen molar-refractivity contribution in [3.8, 4) is 0 Å².